The molecule has 3 aromatic heterocycles. The van der Waals surface area contributed by atoms with Crippen molar-refractivity contribution >= 4 is 23.0 Å². The zero-order valence-electron chi connectivity index (χ0n) is 12.1. The van der Waals surface area contributed by atoms with Crippen LogP contribution in [0.5, 0.6) is 0 Å². The van der Waals surface area contributed by atoms with E-state index in [9.17, 15) is 4.79 Å². The second kappa shape index (κ2) is 5.72. The molecule has 0 fully saturated rings. The molecule has 0 bridgehead atoms. The van der Waals surface area contributed by atoms with Crippen LogP contribution >= 0.6 is 0 Å². The first kappa shape index (κ1) is 13.9. The molecule has 0 aromatic carbocycles. The quantitative estimate of drug-likeness (QED) is 0.745. The predicted octanol–water partition coefficient (Wildman–Crippen LogP) is 0.962. The van der Waals surface area contributed by atoms with Crippen LogP contribution in [0.25, 0.3) is 22.6 Å². The number of amides is 2. The number of hydrogen-bond acceptors (Lipinski definition) is 6. The summed E-state index contributed by atoms with van der Waals surface area (Å²) in [7, 11) is 1.78. The van der Waals surface area contributed by atoms with Gasteiger partial charge in [-0.2, -0.15) is 0 Å². The van der Waals surface area contributed by atoms with Gasteiger partial charge >= 0.3 is 6.03 Å². The van der Waals surface area contributed by atoms with E-state index in [1.54, 1.807) is 36.3 Å². The molecule has 0 atom stereocenters. The molecule has 0 saturated heterocycles. The van der Waals surface area contributed by atoms with Crippen LogP contribution in [-0.2, 0) is 7.05 Å². The van der Waals surface area contributed by atoms with Crippen LogP contribution in [0.4, 0.5) is 10.6 Å². The van der Waals surface area contributed by atoms with Gasteiger partial charge in [0.25, 0.3) is 0 Å². The molecule has 112 valence electrons. The van der Waals surface area contributed by atoms with Gasteiger partial charge in [-0.05, 0) is 19.1 Å². The van der Waals surface area contributed by atoms with E-state index in [4.69, 9.17) is 0 Å². The van der Waals surface area contributed by atoms with Gasteiger partial charge in [-0.3, -0.25) is 15.0 Å². The Morgan fingerprint density at radius 2 is 2.14 bits per heavy atom. The van der Waals surface area contributed by atoms with Crippen LogP contribution in [-0.4, -0.2) is 42.5 Å². The van der Waals surface area contributed by atoms with Gasteiger partial charge in [0.05, 0.1) is 12.4 Å². The zero-order valence-corrected chi connectivity index (χ0v) is 12.1. The molecule has 0 aliphatic heterocycles. The molecular weight excluding hydrogens is 284 g/mol. The number of aryl methyl sites for hydroxylation is 1. The minimum atomic E-state index is -0.313. The summed E-state index contributed by atoms with van der Waals surface area (Å²) in [5, 5.41) is 13.1. The molecule has 3 rings (SSSR count). The van der Waals surface area contributed by atoms with Crippen LogP contribution in [0.15, 0.2) is 24.5 Å². The Balaban J connectivity index is 1.94. The summed E-state index contributed by atoms with van der Waals surface area (Å²) < 4.78 is 1.59. The first-order valence-electron chi connectivity index (χ1n) is 6.71. The Kier molecular flexibility index (Phi) is 3.60. The maximum atomic E-state index is 11.5. The standard InChI is InChI=1S/C13H14N8O/c1-3-14-13(22)18-11-5-4-8-12(17-11)16-9(6-15-8)10-7-21(2)20-19-10/h4-7H,3H2,1-2H3,(H2,14,16,17,18,22). The normalized spacial score (nSPS) is 10.6. The summed E-state index contributed by atoms with van der Waals surface area (Å²) in [6, 6.07) is 3.11. The number of aromatic nitrogens is 6. The lowest BCUT2D eigenvalue weighted by Crippen LogP contribution is -2.28. The van der Waals surface area contributed by atoms with Crippen LogP contribution < -0.4 is 10.6 Å². The molecular formula is C13H14N8O. The van der Waals surface area contributed by atoms with Crippen molar-refractivity contribution in [3.05, 3.63) is 24.5 Å². The Labute approximate surface area is 125 Å². The molecule has 0 aliphatic carbocycles. The fourth-order valence-corrected chi connectivity index (χ4v) is 1.88. The first-order chi connectivity index (χ1) is 10.7. The number of carbonyl (C=O) groups excluding carboxylic acids is 1. The van der Waals surface area contributed by atoms with Crippen LogP contribution in [0.2, 0.25) is 0 Å². The number of urea groups is 1. The van der Waals surface area contributed by atoms with E-state index < -0.39 is 0 Å². The number of fused-ring (bicyclic) bond motifs is 1. The van der Waals surface area contributed by atoms with E-state index in [2.05, 4.69) is 35.9 Å². The topological polar surface area (TPSA) is 111 Å². The third kappa shape index (κ3) is 2.82. The van der Waals surface area contributed by atoms with E-state index in [0.29, 0.717) is 34.9 Å². The second-order valence-corrected chi connectivity index (χ2v) is 4.56. The van der Waals surface area contributed by atoms with Gasteiger partial charge in [0.1, 0.15) is 22.7 Å². The highest BCUT2D eigenvalue weighted by molar-refractivity contribution is 5.89. The number of hydrogen-bond donors (Lipinski definition) is 2. The molecule has 3 heterocycles. The number of anilines is 1. The number of rotatable bonds is 3. The molecule has 9 heteroatoms. The number of nitrogens with one attached hydrogen (secondary N) is 2. The Morgan fingerprint density at radius 3 is 2.86 bits per heavy atom. The van der Waals surface area contributed by atoms with Gasteiger partial charge in [-0.15, -0.1) is 5.10 Å². The summed E-state index contributed by atoms with van der Waals surface area (Å²) in [6.07, 6.45) is 3.36. The number of pyridine rings is 1. The van der Waals surface area contributed by atoms with Gasteiger partial charge in [0.15, 0.2) is 5.65 Å². The van der Waals surface area contributed by atoms with Crippen LogP contribution in [0, 0.1) is 0 Å². The SMILES string of the molecule is CCNC(=O)Nc1ccc2ncc(-c3cn(C)nn3)nc2n1. The van der Waals surface area contributed by atoms with Crippen molar-refractivity contribution in [1.82, 2.24) is 35.3 Å². The average molecular weight is 298 g/mol. The van der Waals surface area contributed by atoms with Crippen molar-refractivity contribution < 1.29 is 4.79 Å². The third-order valence-electron chi connectivity index (χ3n) is 2.85. The third-order valence-corrected chi connectivity index (χ3v) is 2.85. The molecule has 0 spiro atoms. The first-order valence-corrected chi connectivity index (χ1v) is 6.71. The lowest BCUT2D eigenvalue weighted by Gasteiger charge is -2.05. The monoisotopic (exact) mass is 298 g/mol. The highest BCUT2D eigenvalue weighted by atomic mass is 16.2. The Hall–Kier alpha value is -3.10. The van der Waals surface area contributed by atoms with E-state index in [1.807, 2.05) is 6.92 Å². The fourth-order valence-electron chi connectivity index (χ4n) is 1.88. The van der Waals surface area contributed by atoms with E-state index in [0.717, 1.165) is 0 Å². The minimum Gasteiger partial charge on any atom is -0.338 e. The summed E-state index contributed by atoms with van der Waals surface area (Å²) in [5.74, 6) is 0.407. The zero-order chi connectivity index (χ0) is 15.5. The lowest BCUT2D eigenvalue weighted by molar-refractivity contribution is 0.252. The van der Waals surface area contributed by atoms with Gasteiger partial charge in [0.2, 0.25) is 0 Å². The van der Waals surface area contributed by atoms with Gasteiger partial charge in [-0.25, -0.2) is 14.8 Å². The van der Waals surface area contributed by atoms with Crippen molar-refractivity contribution in [3.63, 3.8) is 0 Å². The molecule has 0 saturated carbocycles. The van der Waals surface area contributed by atoms with Gasteiger partial charge in [0, 0.05) is 13.6 Å². The van der Waals surface area contributed by atoms with Gasteiger partial charge < -0.3 is 5.32 Å². The smallest absolute Gasteiger partial charge is 0.320 e. The van der Waals surface area contributed by atoms with Crippen molar-refractivity contribution in [2.45, 2.75) is 6.92 Å². The molecule has 0 aliphatic rings. The maximum absolute atomic E-state index is 11.5. The molecule has 9 nitrogen and oxygen atoms in total. The summed E-state index contributed by atoms with van der Waals surface area (Å²) in [5.41, 5.74) is 2.25. The summed E-state index contributed by atoms with van der Waals surface area (Å²) >= 11 is 0. The van der Waals surface area contributed by atoms with Crippen LogP contribution in [0.1, 0.15) is 6.92 Å². The van der Waals surface area contributed by atoms with Crippen molar-refractivity contribution in [2.75, 3.05) is 11.9 Å². The lowest BCUT2D eigenvalue weighted by atomic mass is 10.3. The molecule has 22 heavy (non-hydrogen) atoms. The fraction of sp³-hybridized carbons (Fsp3) is 0.231. The second-order valence-electron chi connectivity index (χ2n) is 4.56. The highest BCUT2D eigenvalue weighted by Gasteiger charge is 2.08. The number of nitrogens with zero attached hydrogens (tertiary/aromatic N) is 6. The summed E-state index contributed by atoms with van der Waals surface area (Å²) in [4.78, 5) is 24.5. The summed E-state index contributed by atoms with van der Waals surface area (Å²) in [6.45, 7) is 2.38. The Morgan fingerprint density at radius 1 is 1.27 bits per heavy atom. The Bertz CT molecular complexity index is 828. The minimum absolute atomic E-state index is 0.313. The molecule has 2 amide bonds. The maximum Gasteiger partial charge on any atom is 0.320 e. The van der Waals surface area contributed by atoms with E-state index in [1.165, 1.54) is 0 Å². The average Bonchev–Trinajstić information content (AvgIpc) is 2.93. The van der Waals surface area contributed by atoms with Crippen molar-refractivity contribution in [3.8, 4) is 11.4 Å². The van der Waals surface area contributed by atoms with E-state index >= 15 is 0 Å². The molecule has 2 N–H and O–H groups in total. The van der Waals surface area contributed by atoms with Crippen LogP contribution in [0.3, 0.4) is 0 Å². The molecule has 0 unspecified atom stereocenters. The van der Waals surface area contributed by atoms with E-state index in [-0.39, 0.29) is 6.03 Å². The van der Waals surface area contributed by atoms with Crippen molar-refractivity contribution in [2.24, 2.45) is 7.05 Å². The van der Waals surface area contributed by atoms with Gasteiger partial charge in [-0.1, -0.05) is 5.21 Å². The predicted molar refractivity (Wildman–Crippen MR) is 80.0 cm³/mol. The molecule has 3 aromatic rings. The molecule has 0 radical (unpaired) electrons. The number of carbonyl (C=O) groups is 1. The highest BCUT2D eigenvalue weighted by Crippen LogP contribution is 2.17. The van der Waals surface area contributed by atoms with Crippen molar-refractivity contribution in [1.29, 1.82) is 0 Å². The largest absolute Gasteiger partial charge is 0.338 e.